The highest BCUT2D eigenvalue weighted by Gasteiger charge is 2.20. The molecule has 0 radical (unpaired) electrons. The van der Waals surface area contributed by atoms with E-state index in [0.717, 1.165) is 17.9 Å². The summed E-state index contributed by atoms with van der Waals surface area (Å²) in [5.74, 6) is 1.52. The van der Waals surface area contributed by atoms with Crippen LogP contribution in [0.25, 0.3) is 0 Å². The van der Waals surface area contributed by atoms with Crippen LogP contribution in [0.4, 0.5) is 0 Å². The van der Waals surface area contributed by atoms with Crippen LogP contribution >= 0.6 is 0 Å². The molecule has 18 heavy (non-hydrogen) atoms. The van der Waals surface area contributed by atoms with Gasteiger partial charge in [-0.1, -0.05) is 46.8 Å². The Morgan fingerprint density at radius 2 is 1.78 bits per heavy atom. The number of rotatable bonds is 4. The van der Waals surface area contributed by atoms with Crippen molar-refractivity contribution >= 4 is 0 Å². The van der Waals surface area contributed by atoms with E-state index in [1.54, 1.807) is 0 Å². The predicted octanol–water partition coefficient (Wildman–Crippen LogP) is 4.04. The molecule has 0 spiro atoms. The molecule has 0 aliphatic rings. The van der Waals surface area contributed by atoms with Gasteiger partial charge in [-0.25, -0.2) is 0 Å². The lowest BCUT2D eigenvalue weighted by atomic mass is 9.84. The van der Waals surface area contributed by atoms with Gasteiger partial charge in [0.1, 0.15) is 5.75 Å². The van der Waals surface area contributed by atoms with Gasteiger partial charge in [0, 0.05) is 6.04 Å². The zero-order valence-corrected chi connectivity index (χ0v) is 12.6. The second kappa shape index (κ2) is 5.75. The van der Waals surface area contributed by atoms with Crippen molar-refractivity contribution in [2.24, 2.45) is 11.7 Å². The van der Waals surface area contributed by atoms with Crippen LogP contribution in [0.3, 0.4) is 0 Å². The first-order valence-electron chi connectivity index (χ1n) is 6.74. The Labute approximate surface area is 112 Å². The van der Waals surface area contributed by atoms with E-state index in [4.69, 9.17) is 10.5 Å². The van der Waals surface area contributed by atoms with Crippen LogP contribution in [0.15, 0.2) is 18.2 Å². The molecule has 1 unspecified atom stereocenters. The fraction of sp³-hybridized carbons (Fsp3) is 0.625. The Morgan fingerprint density at radius 1 is 1.17 bits per heavy atom. The average molecular weight is 249 g/mol. The maximum Gasteiger partial charge on any atom is 0.123 e. The molecule has 2 N–H and O–H groups in total. The summed E-state index contributed by atoms with van der Waals surface area (Å²) in [6.45, 7) is 13.7. The molecule has 102 valence electrons. The largest absolute Gasteiger partial charge is 0.493 e. The Hall–Kier alpha value is -1.02. The van der Waals surface area contributed by atoms with Crippen LogP contribution in [0.5, 0.6) is 5.75 Å². The summed E-state index contributed by atoms with van der Waals surface area (Å²) in [5.41, 5.74) is 8.42. The van der Waals surface area contributed by atoms with Crippen molar-refractivity contribution in [3.05, 3.63) is 29.3 Å². The lowest BCUT2D eigenvalue weighted by molar-refractivity contribution is 0.265. The number of hydrogen-bond donors (Lipinski definition) is 1. The van der Waals surface area contributed by atoms with Crippen molar-refractivity contribution in [3.8, 4) is 5.75 Å². The van der Waals surface area contributed by atoms with Gasteiger partial charge in [0.15, 0.2) is 0 Å². The van der Waals surface area contributed by atoms with Crippen LogP contribution in [-0.4, -0.2) is 6.61 Å². The topological polar surface area (TPSA) is 35.2 Å². The first-order chi connectivity index (χ1) is 8.21. The van der Waals surface area contributed by atoms with Crippen LogP contribution in [0.2, 0.25) is 0 Å². The highest BCUT2D eigenvalue weighted by Crippen LogP contribution is 2.33. The van der Waals surface area contributed by atoms with Gasteiger partial charge in [-0.15, -0.1) is 0 Å². The van der Waals surface area contributed by atoms with Crippen LogP contribution in [-0.2, 0) is 5.41 Å². The normalized spacial score (nSPS) is 13.8. The van der Waals surface area contributed by atoms with Crippen LogP contribution < -0.4 is 10.5 Å². The van der Waals surface area contributed by atoms with Gasteiger partial charge >= 0.3 is 0 Å². The zero-order chi connectivity index (χ0) is 13.9. The first-order valence-corrected chi connectivity index (χ1v) is 6.74. The number of ether oxygens (including phenoxy) is 1. The Morgan fingerprint density at radius 3 is 2.22 bits per heavy atom. The molecule has 0 aromatic heterocycles. The van der Waals surface area contributed by atoms with Crippen LogP contribution in [0, 0.1) is 5.92 Å². The second-order valence-corrected chi connectivity index (χ2v) is 6.50. The minimum atomic E-state index is 0.0604. The molecule has 0 bridgehead atoms. The Bertz CT molecular complexity index is 389. The molecular weight excluding hydrogens is 222 g/mol. The molecule has 1 rings (SSSR count). The maximum atomic E-state index is 5.96. The van der Waals surface area contributed by atoms with E-state index in [2.05, 4.69) is 52.8 Å². The highest BCUT2D eigenvalue weighted by molar-refractivity contribution is 5.42. The summed E-state index contributed by atoms with van der Waals surface area (Å²) in [5, 5.41) is 0. The highest BCUT2D eigenvalue weighted by atomic mass is 16.5. The Balaban J connectivity index is 3.09. The van der Waals surface area contributed by atoms with Gasteiger partial charge in [-0.2, -0.15) is 0 Å². The third kappa shape index (κ3) is 4.02. The van der Waals surface area contributed by atoms with Crippen molar-refractivity contribution < 1.29 is 4.74 Å². The zero-order valence-electron chi connectivity index (χ0n) is 12.6. The third-order valence-corrected chi connectivity index (χ3v) is 2.91. The molecule has 0 heterocycles. The SMILES string of the molecule is CC(C)COc1ccc(C(C)N)cc1C(C)(C)C. The van der Waals surface area contributed by atoms with Crippen molar-refractivity contribution in [1.82, 2.24) is 0 Å². The summed E-state index contributed by atoms with van der Waals surface area (Å²) in [7, 11) is 0. The summed E-state index contributed by atoms with van der Waals surface area (Å²) < 4.78 is 5.92. The molecular formula is C16H27NO. The lowest BCUT2D eigenvalue weighted by Gasteiger charge is -2.25. The van der Waals surface area contributed by atoms with Crippen LogP contribution in [0.1, 0.15) is 58.7 Å². The molecule has 1 aromatic rings. The molecule has 2 heteroatoms. The maximum absolute atomic E-state index is 5.96. The van der Waals surface area contributed by atoms with E-state index in [9.17, 15) is 0 Å². The van der Waals surface area contributed by atoms with E-state index >= 15 is 0 Å². The Kier molecular flexibility index (Phi) is 4.80. The fourth-order valence-corrected chi connectivity index (χ4v) is 1.80. The van der Waals surface area contributed by atoms with E-state index in [1.165, 1.54) is 5.56 Å². The van der Waals surface area contributed by atoms with E-state index in [1.807, 2.05) is 6.92 Å². The minimum absolute atomic E-state index is 0.0604. The number of nitrogens with two attached hydrogens (primary N) is 1. The van der Waals surface area contributed by atoms with Crippen molar-refractivity contribution in [2.45, 2.75) is 53.0 Å². The molecule has 1 aromatic carbocycles. The predicted molar refractivity (Wildman–Crippen MR) is 78.1 cm³/mol. The molecule has 1 atom stereocenters. The van der Waals surface area contributed by atoms with Gasteiger partial charge < -0.3 is 10.5 Å². The molecule has 0 saturated carbocycles. The first kappa shape index (κ1) is 15.0. The van der Waals surface area contributed by atoms with Gasteiger partial charge in [0.05, 0.1) is 6.61 Å². The van der Waals surface area contributed by atoms with E-state index in [-0.39, 0.29) is 11.5 Å². The lowest BCUT2D eigenvalue weighted by Crippen LogP contribution is -2.16. The summed E-state index contributed by atoms with van der Waals surface area (Å²) in [6.07, 6.45) is 0. The van der Waals surface area contributed by atoms with Gasteiger partial charge in [-0.05, 0) is 35.4 Å². The summed E-state index contributed by atoms with van der Waals surface area (Å²) in [4.78, 5) is 0. The monoisotopic (exact) mass is 249 g/mol. The molecule has 2 nitrogen and oxygen atoms in total. The second-order valence-electron chi connectivity index (χ2n) is 6.50. The van der Waals surface area contributed by atoms with Crippen molar-refractivity contribution in [2.75, 3.05) is 6.61 Å². The van der Waals surface area contributed by atoms with E-state index in [0.29, 0.717) is 5.92 Å². The number of benzene rings is 1. The van der Waals surface area contributed by atoms with Crippen molar-refractivity contribution in [1.29, 1.82) is 0 Å². The standard InChI is InChI=1S/C16H27NO/c1-11(2)10-18-15-8-7-13(12(3)17)9-14(15)16(4,5)6/h7-9,11-12H,10,17H2,1-6H3. The summed E-state index contributed by atoms with van der Waals surface area (Å²) >= 11 is 0. The van der Waals surface area contributed by atoms with Gasteiger partial charge in [0.25, 0.3) is 0 Å². The molecule has 0 saturated heterocycles. The minimum Gasteiger partial charge on any atom is -0.493 e. The number of hydrogen-bond acceptors (Lipinski definition) is 2. The van der Waals surface area contributed by atoms with E-state index < -0.39 is 0 Å². The van der Waals surface area contributed by atoms with Gasteiger partial charge in [-0.3, -0.25) is 0 Å². The third-order valence-electron chi connectivity index (χ3n) is 2.91. The fourth-order valence-electron chi connectivity index (χ4n) is 1.80. The molecule has 0 amide bonds. The quantitative estimate of drug-likeness (QED) is 0.874. The molecule has 0 aliphatic heterocycles. The average Bonchev–Trinajstić information content (AvgIpc) is 2.24. The van der Waals surface area contributed by atoms with Gasteiger partial charge in [0.2, 0.25) is 0 Å². The van der Waals surface area contributed by atoms with Crippen molar-refractivity contribution in [3.63, 3.8) is 0 Å². The smallest absolute Gasteiger partial charge is 0.123 e. The summed E-state index contributed by atoms with van der Waals surface area (Å²) in [6, 6.07) is 6.36. The molecule has 0 aliphatic carbocycles. The molecule has 0 fully saturated rings.